The van der Waals surface area contributed by atoms with Gasteiger partial charge in [-0.25, -0.2) is 4.39 Å². The van der Waals surface area contributed by atoms with Crippen LogP contribution in [0.15, 0.2) is 48.5 Å². The van der Waals surface area contributed by atoms with E-state index in [9.17, 15) is 9.59 Å². The number of halogens is 3. The van der Waals surface area contributed by atoms with E-state index in [0.717, 1.165) is 42.1 Å². The highest BCUT2D eigenvalue weighted by atomic mass is 35.5. The first-order chi connectivity index (χ1) is 16.9. The molecule has 0 saturated heterocycles. The van der Waals surface area contributed by atoms with Gasteiger partial charge in [0.05, 0.1) is 12.3 Å². The van der Waals surface area contributed by atoms with Crippen molar-refractivity contribution in [1.29, 1.82) is 0 Å². The van der Waals surface area contributed by atoms with Crippen molar-refractivity contribution in [2.24, 2.45) is 0 Å². The largest absolute Gasteiger partial charge is 0.494 e. The van der Waals surface area contributed by atoms with Gasteiger partial charge in [0.2, 0.25) is 5.91 Å². The number of aromatic nitrogens is 1. The van der Waals surface area contributed by atoms with Gasteiger partial charge < -0.3 is 10.1 Å². The van der Waals surface area contributed by atoms with Gasteiger partial charge in [0.1, 0.15) is 27.0 Å². The zero-order valence-corrected chi connectivity index (χ0v) is 21.3. The van der Waals surface area contributed by atoms with Crippen molar-refractivity contribution in [3.63, 3.8) is 0 Å². The van der Waals surface area contributed by atoms with E-state index in [1.165, 1.54) is 18.2 Å². The molecule has 10 heteroatoms. The van der Waals surface area contributed by atoms with E-state index in [2.05, 4.69) is 9.69 Å². The van der Waals surface area contributed by atoms with Gasteiger partial charge in [-0.2, -0.15) is 4.37 Å². The number of anilines is 1. The van der Waals surface area contributed by atoms with Gasteiger partial charge in [0.25, 0.3) is 5.91 Å². The summed E-state index contributed by atoms with van der Waals surface area (Å²) in [5.74, 6) is -1.20. The topological polar surface area (TPSA) is 71.5 Å². The van der Waals surface area contributed by atoms with E-state index in [1.54, 1.807) is 30.3 Å². The third-order valence-corrected chi connectivity index (χ3v) is 7.46. The molecule has 1 aromatic heterocycles. The van der Waals surface area contributed by atoms with Crippen LogP contribution >= 0.6 is 34.7 Å². The Hall–Kier alpha value is -2.68. The van der Waals surface area contributed by atoms with Gasteiger partial charge in [0.15, 0.2) is 5.69 Å². The van der Waals surface area contributed by atoms with Crippen molar-refractivity contribution < 1.29 is 18.7 Å². The van der Waals surface area contributed by atoms with Crippen molar-refractivity contribution in [3.05, 3.63) is 75.0 Å². The normalized spacial score (nSPS) is 14.5. The van der Waals surface area contributed by atoms with E-state index in [0.29, 0.717) is 17.9 Å². The second-order valence-electron chi connectivity index (χ2n) is 8.14. The lowest BCUT2D eigenvalue weighted by atomic mass is 10.0. The van der Waals surface area contributed by atoms with Gasteiger partial charge in [-0.3, -0.25) is 14.5 Å². The van der Waals surface area contributed by atoms with Crippen LogP contribution in [-0.4, -0.2) is 28.8 Å². The summed E-state index contributed by atoms with van der Waals surface area (Å²) in [5, 5.41) is 3.01. The number of hydrogen-bond donors (Lipinski definition) is 1. The number of rotatable bonds is 8. The number of nitrogens with zero attached hydrogens (tertiary/aromatic N) is 2. The number of hydrogen-bond acceptors (Lipinski definition) is 5. The van der Waals surface area contributed by atoms with Gasteiger partial charge >= 0.3 is 0 Å². The van der Waals surface area contributed by atoms with Gasteiger partial charge in [-0.1, -0.05) is 60.3 Å². The second kappa shape index (κ2) is 11.4. The highest BCUT2D eigenvalue weighted by Crippen LogP contribution is 2.36. The van der Waals surface area contributed by atoms with Crippen LogP contribution in [0.1, 0.15) is 54.7 Å². The molecule has 0 radical (unpaired) electrons. The molecule has 1 fully saturated rings. The minimum atomic E-state index is -1.19. The predicted molar refractivity (Wildman–Crippen MR) is 136 cm³/mol. The standard InChI is InChI=1S/C25H24Cl2FN3O3S/c1-2-34-17-13-11-15(12-14-17)22(24(32)29-16-7-3-4-8-16)31(19-10-6-5-9-18(19)28)25(33)21-20(26)23(27)35-30-21/h5-6,9-14,16,22H,2-4,7-8H2,1H3,(H,29,32). The van der Waals surface area contributed by atoms with Crippen molar-refractivity contribution in [3.8, 4) is 5.75 Å². The minimum Gasteiger partial charge on any atom is -0.494 e. The molecule has 1 unspecified atom stereocenters. The summed E-state index contributed by atoms with van der Waals surface area (Å²) in [5.41, 5.74) is 0.269. The number of nitrogens with one attached hydrogen (secondary N) is 1. The van der Waals surface area contributed by atoms with Crippen LogP contribution in [-0.2, 0) is 4.79 Å². The molecule has 2 aromatic carbocycles. The molecule has 0 spiro atoms. The Bertz CT molecular complexity index is 1200. The molecule has 1 aliphatic carbocycles. The Labute approximate surface area is 217 Å². The molecule has 2 amide bonds. The Kier molecular flexibility index (Phi) is 8.26. The fourth-order valence-electron chi connectivity index (χ4n) is 4.20. The maximum atomic E-state index is 15.1. The van der Waals surface area contributed by atoms with Crippen LogP contribution in [0.3, 0.4) is 0 Å². The molecule has 1 N–H and O–H groups in total. The molecule has 1 aliphatic rings. The molecule has 1 atom stereocenters. The van der Waals surface area contributed by atoms with Gasteiger partial charge in [-0.05, 0) is 61.1 Å². The smallest absolute Gasteiger partial charge is 0.280 e. The number of carbonyl (C=O) groups excluding carboxylic acids is 2. The SMILES string of the molecule is CCOc1ccc(C(C(=O)NC2CCCC2)N(C(=O)c2nsc(Cl)c2Cl)c2ccccc2F)cc1. The van der Waals surface area contributed by atoms with Gasteiger partial charge in [0, 0.05) is 6.04 Å². The predicted octanol–water partition coefficient (Wildman–Crippen LogP) is 6.43. The maximum Gasteiger partial charge on any atom is 0.280 e. The lowest BCUT2D eigenvalue weighted by Gasteiger charge is -2.32. The molecular formula is C25H24Cl2FN3O3S. The third-order valence-electron chi connectivity index (χ3n) is 5.85. The van der Waals surface area contributed by atoms with Crippen LogP contribution < -0.4 is 15.0 Å². The zero-order chi connectivity index (χ0) is 24.9. The van der Waals surface area contributed by atoms with E-state index < -0.39 is 23.7 Å². The summed E-state index contributed by atoms with van der Waals surface area (Å²) in [6, 6.07) is 11.4. The average Bonchev–Trinajstić information content (AvgIpc) is 3.48. The Morgan fingerprint density at radius 2 is 1.86 bits per heavy atom. The van der Waals surface area contributed by atoms with Crippen LogP contribution in [0.5, 0.6) is 5.75 Å². The molecule has 0 bridgehead atoms. The van der Waals surface area contributed by atoms with E-state index in [4.69, 9.17) is 27.9 Å². The highest BCUT2D eigenvalue weighted by Gasteiger charge is 2.38. The number of carbonyl (C=O) groups is 2. The number of ether oxygens (including phenoxy) is 1. The van der Waals surface area contributed by atoms with Crippen LogP contribution in [0.2, 0.25) is 9.36 Å². The molecule has 4 rings (SSSR count). The first-order valence-electron chi connectivity index (χ1n) is 11.3. The fourth-order valence-corrected chi connectivity index (χ4v) is 5.19. The first kappa shape index (κ1) is 25.4. The Morgan fingerprint density at radius 3 is 2.46 bits per heavy atom. The van der Waals surface area contributed by atoms with E-state index >= 15 is 4.39 Å². The molecule has 6 nitrogen and oxygen atoms in total. The highest BCUT2D eigenvalue weighted by molar-refractivity contribution is 7.11. The van der Waals surface area contributed by atoms with Crippen molar-refractivity contribution in [1.82, 2.24) is 9.69 Å². The summed E-state index contributed by atoms with van der Waals surface area (Å²) in [6.45, 7) is 2.35. The molecule has 0 aliphatic heterocycles. The Morgan fingerprint density at radius 1 is 1.17 bits per heavy atom. The summed E-state index contributed by atoms with van der Waals surface area (Å²) in [6.07, 6.45) is 3.73. The van der Waals surface area contributed by atoms with Crippen molar-refractivity contribution in [2.75, 3.05) is 11.5 Å². The van der Waals surface area contributed by atoms with E-state index in [-0.39, 0.29) is 26.8 Å². The van der Waals surface area contributed by atoms with Crippen LogP contribution in [0.4, 0.5) is 10.1 Å². The average molecular weight is 536 g/mol. The molecule has 1 saturated carbocycles. The molecule has 184 valence electrons. The van der Waals surface area contributed by atoms with Crippen molar-refractivity contribution >= 4 is 52.2 Å². The summed E-state index contributed by atoms with van der Waals surface area (Å²) in [7, 11) is 0. The first-order valence-corrected chi connectivity index (χ1v) is 12.9. The molecule has 1 heterocycles. The summed E-state index contributed by atoms with van der Waals surface area (Å²) in [4.78, 5) is 28.6. The number of amides is 2. The third kappa shape index (κ3) is 5.60. The molecular weight excluding hydrogens is 512 g/mol. The van der Waals surface area contributed by atoms with Crippen LogP contribution in [0, 0.1) is 5.82 Å². The lowest BCUT2D eigenvalue weighted by molar-refractivity contribution is -0.123. The zero-order valence-electron chi connectivity index (χ0n) is 19.0. The molecule has 3 aromatic rings. The second-order valence-corrected chi connectivity index (χ2v) is 9.89. The monoisotopic (exact) mass is 535 g/mol. The van der Waals surface area contributed by atoms with Gasteiger partial charge in [-0.15, -0.1) is 0 Å². The summed E-state index contributed by atoms with van der Waals surface area (Å²) >= 11 is 13.2. The summed E-state index contributed by atoms with van der Waals surface area (Å²) < 4.78 is 24.9. The van der Waals surface area contributed by atoms with E-state index in [1.807, 2.05) is 6.92 Å². The number of para-hydroxylation sites is 1. The quantitative estimate of drug-likeness (QED) is 0.360. The minimum absolute atomic E-state index is 0.0115. The fraction of sp³-hybridized carbons (Fsp3) is 0.320. The van der Waals surface area contributed by atoms with Crippen LogP contribution in [0.25, 0.3) is 0 Å². The lowest BCUT2D eigenvalue weighted by Crippen LogP contribution is -2.46. The molecule has 35 heavy (non-hydrogen) atoms. The Balaban J connectivity index is 1.84. The maximum absolute atomic E-state index is 15.1. The number of benzene rings is 2. The van der Waals surface area contributed by atoms with Crippen molar-refractivity contribution in [2.45, 2.75) is 44.7 Å².